The zero-order valence-corrected chi connectivity index (χ0v) is 19.6. The maximum Gasteiger partial charge on any atom is 0.234 e. The summed E-state index contributed by atoms with van der Waals surface area (Å²) in [6, 6.07) is 8.05. The molecule has 1 aromatic carbocycles. The van der Waals surface area contributed by atoms with Crippen molar-refractivity contribution in [2.24, 2.45) is 0 Å². The molecule has 0 radical (unpaired) electrons. The van der Waals surface area contributed by atoms with Crippen LogP contribution in [-0.4, -0.2) is 63.6 Å². The molecule has 1 amide bonds. The third kappa shape index (κ3) is 4.58. The molecule has 2 aromatic rings. The summed E-state index contributed by atoms with van der Waals surface area (Å²) in [7, 11) is 0.163. The summed E-state index contributed by atoms with van der Waals surface area (Å²) in [5.74, 6) is 1.34. The lowest BCUT2D eigenvalue weighted by Crippen LogP contribution is -2.51. The Bertz CT molecular complexity index is 1070. The lowest BCUT2D eigenvalue weighted by atomic mass is 9.90. The standard InChI is InChI=1S/C22H28N2O5S2/c1-22(7-10-31(26,27)14-22)23-20(25)13-24-8-6-15-11-17(28-2)18(29-3)12-16(15)21(24)19-5-4-9-30-19/h4-5,9,11-12,21H,6-8,10,13-14H2,1-3H3,(H,23,25)/t21-,22-/m1/s1. The zero-order valence-electron chi connectivity index (χ0n) is 18.0. The van der Waals surface area contributed by atoms with Crippen LogP contribution in [0.3, 0.4) is 0 Å². The van der Waals surface area contributed by atoms with Crippen molar-refractivity contribution in [2.75, 3.05) is 38.8 Å². The van der Waals surface area contributed by atoms with Crippen molar-refractivity contribution in [3.63, 3.8) is 0 Å². The zero-order chi connectivity index (χ0) is 22.2. The fourth-order valence-electron chi connectivity index (χ4n) is 4.62. The quantitative estimate of drug-likeness (QED) is 0.707. The number of carbonyl (C=O) groups is 1. The molecule has 0 aliphatic carbocycles. The van der Waals surface area contributed by atoms with Crippen molar-refractivity contribution in [3.05, 3.63) is 45.6 Å². The first-order valence-electron chi connectivity index (χ1n) is 10.3. The summed E-state index contributed by atoms with van der Waals surface area (Å²) < 4.78 is 34.8. The number of nitrogens with zero attached hydrogens (tertiary/aromatic N) is 1. The Morgan fingerprint density at radius 1 is 1.29 bits per heavy atom. The first-order valence-corrected chi connectivity index (χ1v) is 13.0. The number of hydrogen-bond donors (Lipinski definition) is 1. The number of thiophene rings is 1. The molecule has 3 heterocycles. The van der Waals surface area contributed by atoms with Crippen LogP contribution in [0.4, 0.5) is 0 Å². The number of amides is 1. The summed E-state index contributed by atoms with van der Waals surface area (Å²) in [5, 5.41) is 5.02. The van der Waals surface area contributed by atoms with Gasteiger partial charge < -0.3 is 14.8 Å². The fourth-order valence-corrected chi connectivity index (χ4v) is 7.59. The molecule has 0 spiro atoms. The van der Waals surface area contributed by atoms with E-state index in [2.05, 4.69) is 16.3 Å². The molecule has 2 atom stereocenters. The van der Waals surface area contributed by atoms with E-state index in [1.807, 2.05) is 30.5 Å². The molecule has 7 nitrogen and oxygen atoms in total. The van der Waals surface area contributed by atoms with E-state index < -0.39 is 15.4 Å². The largest absolute Gasteiger partial charge is 0.493 e. The van der Waals surface area contributed by atoms with Gasteiger partial charge in [-0.05, 0) is 54.5 Å². The summed E-state index contributed by atoms with van der Waals surface area (Å²) in [5.41, 5.74) is 1.59. The van der Waals surface area contributed by atoms with Crippen LogP contribution in [0, 0.1) is 0 Å². The molecular formula is C22H28N2O5S2. The molecule has 2 aliphatic rings. The van der Waals surface area contributed by atoms with Crippen LogP contribution in [0.2, 0.25) is 0 Å². The summed E-state index contributed by atoms with van der Waals surface area (Å²) >= 11 is 1.65. The van der Waals surface area contributed by atoms with Gasteiger partial charge in [0.1, 0.15) is 0 Å². The third-order valence-electron chi connectivity index (χ3n) is 6.08. The van der Waals surface area contributed by atoms with E-state index in [0.29, 0.717) is 24.5 Å². The van der Waals surface area contributed by atoms with Gasteiger partial charge in [0.05, 0.1) is 43.9 Å². The van der Waals surface area contributed by atoms with Gasteiger partial charge in [0.15, 0.2) is 21.3 Å². The van der Waals surface area contributed by atoms with Gasteiger partial charge in [-0.15, -0.1) is 11.3 Å². The van der Waals surface area contributed by atoms with Crippen LogP contribution >= 0.6 is 11.3 Å². The molecular weight excluding hydrogens is 436 g/mol. The van der Waals surface area contributed by atoms with E-state index in [4.69, 9.17) is 9.47 Å². The second-order valence-corrected chi connectivity index (χ2v) is 11.7. The van der Waals surface area contributed by atoms with Crippen LogP contribution in [0.5, 0.6) is 11.5 Å². The molecule has 0 bridgehead atoms. The van der Waals surface area contributed by atoms with Crippen molar-refractivity contribution in [1.29, 1.82) is 0 Å². The Balaban J connectivity index is 1.60. The Morgan fingerprint density at radius 2 is 2.03 bits per heavy atom. The van der Waals surface area contributed by atoms with Gasteiger partial charge in [-0.25, -0.2) is 8.42 Å². The maximum absolute atomic E-state index is 12.9. The second-order valence-electron chi connectivity index (χ2n) is 8.50. The van der Waals surface area contributed by atoms with E-state index in [1.54, 1.807) is 25.6 Å². The highest BCUT2D eigenvalue weighted by Crippen LogP contribution is 2.42. The molecule has 31 heavy (non-hydrogen) atoms. The van der Waals surface area contributed by atoms with E-state index in [9.17, 15) is 13.2 Å². The van der Waals surface area contributed by atoms with Gasteiger partial charge in [-0.2, -0.15) is 0 Å². The SMILES string of the molecule is COc1cc2c(cc1OC)[C@H](c1cccs1)N(CC(=O)N[C@]1(C)CCS(=O)(=O)C1)CC2. The number of nitrogens with one attached hydrogen (secondary N) is 1. The lowest BCUT2D eigenvalue weighted by Gasteiger charge is -2.37. The number of methoxy groups -OCH3 is 2. The molecule has 1 fully saturated rings. The highest BCUT2D eigenvalue weighted by Gasteiger charge is 2.40. The third-order valence-corrected chi connectivity index (χ3v) is 8.91. The van der Waals surface area contributed by atoms with Crippen LogP contribution in [0.15, 0.2) is 29.6 Å². The Hall–Kier alpha value is -2.10. The van der Waals surface area contributed by atoms with Gasteiger partial charge in [0.2, 0.25) is 5.91 Å². The number of ether oxygens (including phenoxy) is 2. The van der Waals surface area contributed by atoms with Crippen LogP contribution in [0.25, 0.3) is 0 Å². The van der Waals surface area contributed by atoms with Gasteiger partial charge in [-0.3, -0.25) is 9.69 Å². The summed E-state index contributed by atoms with van der Waals surface area (Å²) in [6.45, 7) is 2.73. The van der Waals surface area contributed by atoms with Gasteiger partial charge >= 0.3 is 0 Å². The van der Waals surface area contributed by atoms with Crippen molar-refractivity contribution in [2.45, 2.75) is 31.3 Å². The molecule has 4 rings (SSSR count). The van der Waals surface area contributed by atoms with Crippen LogP contribution in [-0.2, 0) is 21.1 Å². The Morgan fingerprint density at radius 3 is 2.65 bits per heavy atom. The number of carbonyl (C=O) groups excluding carboxylic acids is 1. The predicted molar refractivity (Wildman–Crippen MR) is 121 cm³/mol. The first kappa shape index (κ1) is 22.1. The number of benzene rings is 1. The normalized spacial score (nSPS) is 25.1. The number of hydrogen-bond acceptors (Lipinski definition) is 7. The number of fused-ring (bicyclic) bond motifs is 1. The molecule has 0 saturated carbocycles. The summed E-state index contributed by atoms with van der Waals surface area (Å²) in [4.78, 5) is 16.2. The summed E-state index contributed by atoms with van der Waals surface area (Å²) in [6.07, 6.45) is 1.24. The molecule has 1 saturated heterocycles. The van der Waals surface area contributed by atoms with Gasteiger partial charge in [0, 0.05) is 11.4 Å². The fraction of sp³-hybridized carbons (Fsp3) is 0.500. The van der Waals surface area contributed by atoms with Gasteiger partial charge in [-0.1, -0.05) is 6.07 Å². The highest BCUT2D eigenvalue weighted by molar-refractivity contribution is 7.91. The van der Waals surface area contributed by atoms with Gasteiger partial charge in [0.25, 0.3) is 0 Å². The Labute approximate surface area is 187 Å². The van der Waals surface area contributed by atoms with E-state index in [0.717, 1.165) is 16.9 Å². The monoisotopic (exact) mass is 464 g/mol. The van der Waals surface area contributed by atoms with Crippen molar-refractivity contribution >= 4 is 27.1 Å². The minimum Gasteiger partial charge on any atom is -0.493 e. The average Bonchev–Trinajstić information content (AvgIpc) is 3.34. The van der Waals surface area contributed by atoms with Crippen LogP contribution in [0.1, 0.15) is 35.4 Å². The molecule has 1 N–H and O–H groups in total. The van der Waals surface area contributed by atoms with E-state index >= 15 is 0 Å². The molecule has 1 aromatic heterocycles. The van der Waals surface area contributed by atoms with E-state index in [1.165, 1.54) is 5.56 Å². The first-order chi connectivity index (χ1) is 14.7. The molecule has 0 unspecified atom stereocenters. The second kappa shape index (κ2) is 8.44. The van der Waals surface area contributed by atoms with Crippen molar-refractivity contribution in [3.8, 4) is 11.5 Å². The highest BCUT2D eigenvalue weighted by atomic mass is 32.2. The van der Waals surface area contributed by atoms with E-state index in [-0.39, 0.29) is 30.0 Å². The number of rotatable bonds is 6. The Kier molecular flexibility index (Phi) is 6.02. The van der Waals surface area contributed by atoms with Crippen molar-refractivity contribution in [1.82, 2.24) is 10.2 Å². The molecule has 2 aliphatic heterocycles. The molecule has 9 heteroatoms. The average molecular weight is 465 g/mol. The minimum absolute atomic E-state index is 0.0000793. The smallest absolute Gasteiger partial charge is 0.234 e. The number of sulfone groups is 1. The molecule has 168 valence electrons. The van der Waals surface area contributed by atoms with Crippen molar-refractivity contribution < 1.29 is 22.7 Å². The maximum atomic E-state index is 12.9. The lowest BCUT2D eigenvalue weighted by molar-refractivity contribution is -0.124. The van der Waals surface area contributed by atoms with Crippen LogP contribution < -0.4 is 14.8 Å². The minimum atomic E-state index is -3.09. The predicted octanol–water partition coefficient (Wildman–Crippen LogP) is 2.41. The topological polar surface area (TPSA) is 84.9 Å².